The minimum atomic E-state index is -0.549. The molecule has 0 saturated heterocycles. The number of esters is 1. The van der Waals surface area contributed by atoms with E-state index in [9.17, 15) is 9.59 Å². The molecule has 1 saturated carbocycles. The number of nitrogens with one attached hydrogen (secondary N) is 1. The molecule has 1 amide bonds. The second kappa shape index (κ2) is 8.22. The Morgan fingerprint density at radius 1 is 1.27 bits per heavy atom. The summed E-state index contributed by atoms with van der Waals surface area (Å²) >= 11 is 0. The van der Waals surface area contributed by atoms with Crippen molar-refractivity contribution in [2.24, 2.45) is 0 Å². The van der Waals surface area contributed by atoms with Crippen LogP contribution in [0.5, 0.6) is 5.75 Å². The molecule has 0 heterocycles. The molecule has 0 spiro atoms. The lowest BCUT2D eigenvalue weighted by Crippen LogP contribution is -2.35. The molecule has 0 aromatic heterocycles. The molecule has 118 valence electrons. The van der Waals surface area contributed by atoms with Crippen LogP contribution in [0.15, 0.2) is 30.3 Å². The molecule has 2 rings (SSSR count). The monoisotopic (exact) mass is 303 g/mol. The minimum Gasteiger partial charge on any atom is -0.496 e. The van der Waals surface area contributed by atoms with E-state index in [0.29, 0.717) is 5.75 Å². The van der Waals surface area contributed by atoms with E-state index in [0.717, 1.165) is 31.2 Å². The van der Waals surface area contributed by atoms with Crippen LogP contribution in [0.25, 0.3) is 6.08 Å². The molecule has 1 fully saturated rings. The molecule has 0 bridgehead atoms. The van der Waals surface area contributed by atoms with Gasteiger partial charge >= 0.3 is 5.97 Å². The number of carbonyl (C=O) groups is 2. The molecule has 1 N–H and O–H groups in total. The Morgan fingerprint density at radius 2 is 2.00 bits per heavy atom. The first-order valence-electron chi connectivity index (χ1n) is 7.46. The molecule has 1 aliphatic rings. The van der Waals surface area contributed by atoms with Crippen LogP contribution in [0.2, 0.25) is 0 Å². The van der Waals surface area contributed by atoms with Crippen molar-refractivity contribution in [2.45, 2.75) is 31.7 Å². The number of benzene rings is 1. The van der Waals surface area contributed by atoms with Crippen LogP contribution >= 0.6 is 0 Å². The number of amides is 1. The second-order valence-corrected chi connectivity index (χ2v) is 5.23. The summed E-state index contributed by atoms with van der Waals surface area (Å²) in [4.78, 5) is 23.3. The summed E-state index contributed by atoms with van der Waals surface area (Å²) in [5, 5.41) is 2.87. The zero-order chi connectivity index (χ0) is 15.8. The van der Waals surface area contributed by atoms with Crippen LogP contribution in [-0.4, -0.2) is 31.6 Å². The Bertz CT molecular complexity index is 547. The lowest BCUT2D eigenvalue weighted by Gasteiger charge is -2.11. The molecule has 0 radical (unpaired) electrons. The van der Waals surface area contributed by atoms with Gasteiger partial charge < -0.3 is 14.8 Å². The van der Waals surface area contributed by atoms with Crippen molar-refractivity contribution in [3.63, 3.8) is 0 Å². The van der Waals surface area contributed by atoms with Gasteiger partial charge in [0, 0.05) is 17.7 Å². The van der Waals surface area contributed by atoms with Gasteiger partial charge in [-0.05, 0) is 25.0 Å². The summed E-state index contributed by atoms with van der Waals surface area (Å²) in [5.74, 6) is -0.121. The molecule has 1 aromatic rings. The Balaban J connectivity index is 1.77. The van der Waals surface area contributed by atoms with Gasteiger partial charge in [0.25, 0.3) is 5.91 Å². The number of rotatable bonds is 6. The predicted molar refractivity (Wildman–Crippen MR) is 83.4 cm³/mol. The fraction of sp³-hybridized carbons (Fsp3) is 0.412. The van der Waals surface area contributed by atoms with Crippen LogP contribution in [-0.2, 0) is 14.3 Å². The van der Waals surface area contributed by atoms with Crippen molar-refractivity contribution >= 4 is 18.0 Å². The van der Waals surface area contributed by atoms with Gasteiger partial charge in [-0.25, -0.2) is 4.79 Å². The lowest BCUT2D eigenvalue weighted by molar-refractivity contribution is -0.144. The van der Waals surface area contributed by atoms with Gasteiger partial charge in [-0.2, -0.15) is 0 Å². The second-order valence-electron chi connectivity index (χ2n) is 5.23. The summed E-state index contributed by atoms with van der Waals surface area (Å²) in [6, 6.07) is 7.57. The van der Waals surface area contributed by atoms with Gasteiger partial charge in [-0.1, -0.05) is 31.0 Å². The first-order valence-corrected chi connectivity index (χ1v) is 7.46. The summed E-state index contributed by atoms with van der Waals surface area (Å²) in [7, 11) is 1.57. The Morgan fingerprint density at radius 3 is 2.73 bits per heavy atom. The summed E-state index contributed by atoms with van der Waals surface area (Å²) in [6.45, 7) is -0.244. The number of para-hydroxylation sites is 1. The normalized spacial score (nSPS) is 15.0. The summed E-state index contributed by atoms with van der Waals surface area (Å²) in [6.07, 6.45) is 7.20. The highest BCUT2D eigenvalue weighted by Gasteiger charge is 2.17. The standard InChI is InChI=1S/C17H21NO4/c1-21-15-9-5-2-6-13(15)10-11-17(20)22-12-16(19)18-14-7-3-4-8-14/h2,5-6,9-11,14H,3-4,7-8,12H2,1H3,(H,18,19). The van der Waals surface area contributed by atoms with Gasteiger partial charge in [-0.3, -0.25) is 4.79 Å². The first kappa shape index (κ1) is 16.1. The fourth-order valence-corrected chi connectivity index (χ4v) is 2.49. The van der Waals surface area contributed by atoms with Crippen molar-refractivity contribution in [2.75, 3.05) is 13.7 Å². The maximum atomic E-state index is 11.6. The lowest BCUT2D eigenvalue weighted by atomic mass is 10.2. The molecule has 0 unspecified atom stereocenters. The van der Waals surface area contributed by atoms with Crippen LogP contribution in [0.4, 0.5) is 0 Å². The van der Waals surface area contributed by atoms with E-state index in [1.807, 2.05) is 18.2 Å². The first-order chi connectivity index (χ1) is 10.7. The maximum absolute atomic E-state index is 11.6. The number of carbonyl (C=O) groups excluding carboxylic acids is 2. The zero-order valence-electron chi connectivity index (χ0n) is 12.7. The van der Waals surface area contributed by atoms with Crippen molar-refractivity contribution in [3.8, 4) is 5.75 Å². The van der Waals surface area contributed by atoms with Crippen molar-refractivity contribution in [1.29, 1.82) is 0 Å². The van der Waals surface area contributed by atoms with Gasteiger partial charge in [0.1, 0.15) is 5.75 Å². The summed E-state index contributed by atoms with van der Waals surface area (Å²) in [5.41, 5.74) is 0.775. The molecule has 5 nitrogen and oxygen atoms in total. The van der Waals surface area contributed by atoms with Crippen molar-refractivity contribution < 1.29 is 19.1 Å². The Labute approximate surface area is 130 Å². The van der Waals surface area contributed by atoms with Crippen molar-refractivity contribution in [1.82, 2.24) is 5.32 Å². The van der Waals surface area contributed by atoms with E-state index in [2.05, 4.69) is 5.32 Å². The molecular formula is C17H21NO4. The maximum Gasteiger partial charge on any atom is 0.331 e. The molecule has 0 atom stereocenters. The topological polar surface area (TPSA) is 64.6 Å². The highest BCUT2D eigenvalue weighted by Crippen LogP contribution is 2.19. The Hall–Kier alpha value is -2.30. The quantitative estimate of drug-likeness (QED) is 0.647. The van der Waals surface area contributed by atoms with Gasteiger partial charge in [-0.15, -0.1) is 0 Å². The molecule has 0 aliphatic heterocycles. The number of methoxy groups -OCH3 is 1. The number of hydrogen-bond acceptors (Lipinski definition) is 4. The SMILES string of the molecule is COc1ccccc1C=CC(=O)OCC(=O)NC1CCCC1. The van der Waals surface area contributed by atoms with E-state index in [1.54, 1.807) is 19.3 Å². The largest absolute Gasteiger partial charge is 0.496 e. The zero-order valence-corrected chi connectivity index (χ0v) is 12.7. The van der Waals surface area contributed by atoms with E-state index in [1.165, 1.54) is 6.08 Å². The third-order valence-electron chi connectivity index (χ3n) is 3.60. The van der Waals surface area contributed by atoms with Gasteiger partial charge in [0.2, 0.25) is 0 Å². The van der Waals surface area contributed by atoms with Crippen molar-refractivity contribution in [3.05, 3.63) is 35.9 Å². The molecular weight excluding hydrogens is 282 g/mol. The number of ether oxygens (including phenoxy) is 2. The molecule has 5 heteroatoms. The van der Waals surface area contributed by atoms with Crippen LogP contribution < -0.4 is 10.1 Å². The number of hydrogen-bond donors (Lipinski definition) is 1. The van der Waals surface area contributed by atoms with Crippen LogP contribution in [0.1, 0.15) is 31.2 Å². The third kappa shape index (κ3) is 4.91. The Kier molecular flexibility index (Phi) is 6.01. The van der Waals surface area contributed by atoms with Crippen LogP contribution in [0, 0.1) is 0 Å². The average molecular weight is 303 g/mol. The molecule has 22 heavy (non-hydrogen) atoms. The smallest absolute Gasteiger partial charge is 0.331 e. The van der Waals surface area contributed by atoms with Crippen LogP contribution in [0.3, 0.4) is 0 Å². The van der Waals surface area contributed by atoms with Gasteiger partial charge in [0.05, 0.1) is 7.11 Å². The van der Waals surface area contributed by atoms with E-state index in [-0.39, 0.29) is 18.6 Å². The summed E-state index contributed by atoms with van der Waals surface area (Å²) < 4.78 is 10.1. The average Bonchev–Trinajstić information content (AvgIpc) is 3.04. The highest BCUT2D eigenvalue weighted by atomic mass is 16.5. The van der Waals surface area contributed by atoms with E-state index >= 15 is 0 Å². The molecule has 1 aromatic carbocycles. The van der Waals surface area contributed by atoms with E-state index < -0.39 is 5.97 Å². The minimum absolute atomic E-state index is 0.232. The van der Waals surface area contributed by atoms with E-state index in [4.69, 9.17) is 9.47 Å². The van der Waals surface area contributed by atoms with Gasteiger partial charge in [0.15, 0.2) is 6.61 Å². The predicted octanol–water partition coefficient (Wildman–Crippen LogP) is 2.31. The molecule has 1 aliphatic carbocycles. The third-order valence-corrected chi connectivity index (χ3v) is 3.60. The highest BCUT2D eigenvalue weighted by molar-refractivity contribution is 5.89. The fourth-order valence-electron chi connectivity index (χ4n) is 2.49.